The van der Waals surface area contributed by atoms with E-state index >= 15 is 0 Å². The van der Waals surface area contributed by atoms with E-state index in [-0.39, 0.29) is 16.5 Å². The van der Waals surface area contributed by atoms with Gasteiger partial charge in [-0.3, -0.25) is 14.4 Å². The number of ether oxygens (including phenoxy) is 1. The SMILES string of the molecule is COc1ccc(N(Cc2c(C)noc2C)S(=O)(=O)c2ccc(Cl)c([N+](=O)[O-])c2)cc1. The molecule has 0 unspecified atom stereocenters. The van der Waals surface area contributed by atoms with Crippen molar-refractivity contribution < 1.29 is 22.6 Å². The number of nitro benzene ring substituents is 1. The molecule has 0 aliphatic heterocycles. The van der Waals surface area contributed by atoms with Gasteiger partial charge in [0.25, 0.3) is 15.7 Å². The molecule has 0 radical (unpaired) electrons. The van der Waals surface area contributed by atoms with Crippen LogP contribution >= 0.6 is 11.6 Å². The van der Waals surface area contributed by atoms with Gasteiger partial charge in [0.05, 0.1) is 34.9 Å². The second-order valence-electron chi connectivity index (χ2n) is 6.38. The van der Waals surface area contributed by atoms with E-state index < -0.39 is 20.6 Å². The Morgan fingerprint density at radius 1 is 1.20 bits per heavy atom. The summed E-state index contributed by atoms with van der Waals surface area (Å²) in [7, 11) is -2.70. The molecule has 2 aromatic carbocycles. The molecule has 0 atom stereocenters. The predicted molar refractivity (Wildman–Crippen MR) is 110 cm³/mol. The Hall–Kier alpha value is -3.11. The fourth-order valence-electron chi connectivity index (χ4n) is 2.85. The summed E-state index contributed by atoms with van der Waals surface area (Å²) in [6.45, 7) is 3.31. The van der Waals surface area contributed by atoms with Crippen molar-refractivity contribution in [1.29, 1.82) is 0 Å². The standard InChI is InChI=1S/C19H18ClN3O6S/c1-12-17(13(2)29-21-12)11-22(14-4-6-15(28-3)7-5-14)30(26,27)16-8-9-18(20)19(10-16)23(24)25/h4-10H,11H2,1-3H3. The zero-order chi connectivity index (χ0) is 22.1. The number of rotatable bonds is 7. The lowest BCUT2D eigenvalue weighted by atomic mass is 10.2. The van der Waals surface area contributed by atoms with Gasteiger partial charge in [-0.2, -0.15) is 0 Å². The fourth-order valence-corrected chi connectivity index (χ4v) is 4.49. The lowest BCUT2D eigenvalue weighted by Gasteiger charge is -2.24. The summed E-state index contributed by atoms with van der Waals surface area (Å²) in [5.74, 6) is 1.03. The smallest absolute Gasteiger partial charge is 0.289 e. The fraction of sp³-hybridized carbons (Fsp3) is 0.211. The summed E-state index contributed by atoms with van der Waals surface area (Å²) < 4.78 is 38.4. The number of hydrogen-bond donors (Lipinski definition) is 0. The summed E-state index contributed by atoms with van der Waals surface area (Å²) in [6.07, 6.45) is 0. The Morgan fingerprint density at radius 2 is 1.87 bits per heavy atom. The number of halogens is 1. The third-order valence-corrected chi connectivity index (χ3v) is 6.64. The molecule has 0 aliphatic rings. The molecular weight excluding hydrogens is 434 g/mol. The first-order valence-electron chi connectivity index (χ1n) is 8.67. The van der Waals surface area contributed by atoms with Gasteiger partial charge in [-0.15, -0.1) is 0 Å². The van der Waals surface area contributed by atoms with Crippen molar-refractivity contribution in [2.24, 2.45) is 0 Å². The highest BCUT2D eigenvalue weighted by Crippen LogP contribution is 2.32. The number of aromatic nitrogens is 1. The second kappa shape index (κ2) is 8.33. The molecule has 0 saturated carbocycles. The van der Waals surface area contributed by atoms with Crippen molar-refractivity contribution in [3.63, 3.8) is 0 Å². The maximum absolute atomic E-state index is 13.5. The second-order valence-corrected chi connectivity index (χ2v) is 8.65. The number of methoxy groups -OCH3 is 1. The van der Waals surface area contributed by atoms with Crippen molar-refractivity contribution in [3.8, 4) is 5.75 Å². The number of benzene rings is 2. The van der Waals surface area contributed by atoms with Gasteiger partial charge in [0, 0.05) is 11.6 Å². The van der Waals surface area contributed by atoms with Gasteiger partial charge in [-0.25, -0.2) is 8.42 Å². The number of anilines is 1. The zero-order valence-corrected chi connectivity index (χ0v) is 17.9. The Bertz CT molecular complexity index is 1170. The van der Waals surface area contributed by atoms with Crippen LogP contribution in [0.3, 0.4) is 0 Å². The Morgan fingerprint density at radius 3 is 2.40 bits per heavy atom. The molecule has 0 N–H and O–H groups in total. The minimum atomic E-state index is -4.20. The van der Waals surface area contributed by atoms with Crippen molar-refractivity contribution in [3.05, 3.63) is 74.6 Å². The summed E-state index contributed by atoms with van der Waals surface area (Å²) in [6, 6.07) is 9.77. The van der Waals surface area contributed by atoms with Gasteiger partial charge < -0.3 is 9.26 Å². The van der Waals surface area contributed by atoms with Crippen LogP contribution in [0.25, 0.3) is 0 Å². The molecule has 1 heterocycles. The van der Waals surface area contributed by atoms with E-state index in [1.807, 2.05) is 0 Å². The first-order valence-corrected chi connectivity index (χ1v) is 10.5. The quantitative estimate of drug-likeness (QED) is 0.389. The van der Waals surface area contributed by atoms with E-state index in [0.29, 0.717) is 28.5 Å². The minimum absolute atomic E-state index is 0.0771. The minimum Gasteiger partial charge on any atom is -0.497 e. The van der Waals surface area contributed by atoms with Gasteiger partial charge in [-0.1, -0.05) is 16.8 Å². The van der Waals surface area contributed by atoms with Crippen LogP contribution in [0.1, 0.15) is 17.0 Å². The molecule has 3 aromatic rings. The van der Waals surface area contributed by atoms with E-state index in [0.717, 1.165) is 10.4 Å². The highest BCUT2D eigenvalue weighted by atomic mass is 35.5. The molecule has 3 rings (SSSR count). The summed E-state index contributed by atoms with van der Waals surface area (Å²) >= 11 is 5.84. The van der Waals surface area contributed by atoms with Crippen LogP contribution in [0.5, 0.6) is 5.75 Å². The number of hydrogen-bond acceptors (Lipinski definition) is 7. The average Bonchev–Trinajstić information content (AvgIpc) is 3.03. The van der Waals surface area contributed by atoms with Crippen molar-refractivity contribution in [1.82, 2.24) is 5.16 Å². The zero-order valence-electron chi connectivity index (χ0n) is 16.3. The first-order chi connectivity index (χ1) is 14.1. The Kier molecular flexibility index (Phi) is 5.99. The molecule has 9 nitrogen and oxygen atoms in total. The lowest BCUT2D eigenvalue weighted by molar-refractivity contribution is -0.384. The van der Waals surface area contributed by atoms with Crippen molar-refractivity contribution >= 4 is 33.0 Å². The van der Waals surface area contributed by atoms with Crippen LogP contribution in [0.15, 0.2) is 51.9 Å². The largest absolute Gasteiger partial charge is 0.497 e. The number of nitro groups is 1. The lowest BCUT2D eigenvalue weighted by Crippen LogP contribution is -2.31. The molecule has 0 saturated heterocycles. The van der Waals surface area contributed by atoms with Crippen LogP contribution in [0, 0.1) is 24.0 Å². The first kappa shape index (κ1) is 21.6. The molecule has 0 amide bonds. The number of aryl methyl sites for hydroxylation is 2. The van der Waals surface area contributed by atoms with Crippen molar-refractivity contribution in [2.75, 3.05) is 11.4 Å². The molecule has 0 bridgehead atoms. The van der Waals surface area contributed by atoms with Gasteiger partial charge >= 0.3 is 0 Å². The average molecular weight is 452 g/mol. The predicted octanol–water partition coefficient (Wildman–Crippen LogP) is 4.26. The summed E-state index contributed by atoms with van der Waals surface area (Å²) in [5, 5.41) is 15.0. The molecule has 11 heteroatoms. The third kappa shape index (κ3) is 4.10. The monoisotopic (exact) mass is 451 g/mol. The van der Waals surface area contributed by atoms with Crippen LogP contribution in [0.2, 0.25) is 5.02 Å². The molecule has 0 fully saturated rings. The maximum atomic E-state index is 13.5. The van der Waals surface area contributed by atoms with E-state index in [2.05, 4.69) is 5.16 Å². The number of sulfonamides is 1. The normalized spacial score (nSPS) is 11.3. The van der Waals surface area contributed by atoms with E-state index in [1.165, 1.54) is 19.2 Å². The van der Waals surface area contributed by atoms with Crippen LogP contribution in [0.4, 0.5) is 11.4 Å². The van der Waals surface area contributed by atoms with E-state index in [4.69, 9.17) is 20.9 Å². The molecule has 1 aromatic heterocycles. The summed E-state index contributed by atoms with van der Waals surface area (Å²) in [4.78, 5) is 10.2. The molecular formula is C19H18ClN3O6S. The van der Waals surface area contributed by atoms with E-state index in [9.17, 15) is 18.5 Å². The maximum Gasteiger partial charge on any atom is 0.289 e. The van der Waals surface area contributed by atoms with E-state index in [1.54, 1.807) is 38.1 Å². The molecule has 158 valence electrons. The Labute approximate surface area is 178 Å². The molecule has 0 aliphatic carbocycles. The molecule has 30 heavy (non-hydrogen) atoms. The number of nitrogens with zero attached hydrogens (tertiary/aromatic N) is 3. The third-order valence-electron chi connectivity index (χ3n) is 4.55. The van der Waals surface area contributed by atoms with Crippen LogP contribution in [-0.4, -0.2) is 25.6 Å². The van der Waals surface area contributed by atoms with Crippen LogP contribution in [-0.2, 0) is 16.6 Å². The van der Waals surface area contributed by atoms with Gasteiger partial charge in [-0.05, 0) is 50.2 Å². The Balaban J connectivity index is 2.15. The highest BCUT2D eigenvalue weighted by molar-refractivity contribution is 7.92. The van der Waals surface area contributed by atoms with Crippen molar-refractivity contribution in [2.45, 2.75) is 25.3 Å². The van der Waals surface area contributed by atoms with Crippen LogP contribution < -0.4 is 9.04 Å². The van der Waals surface area contributed by atoms with Gasteiger partial charge in [0.2, 0.25) is 0 Å². The van der Waals surface area contributed by atoms with Gasteiger partial charge in [0.1, 0.15) is 16.5 Å². The summed E-state index contributed by atoms with van der Waals surface area (Å²) in [5.41, 5.74) is 0.985. The highest BCUT2D eigenvalue weighted by Gasteiger charge is 2.29. The topological polar surface area (TPSA) is 116 Å². The molecule has 0 spiro atoms. The van der Waals surface area contributed by atoms with Gasteiger partial charge in [0.15, 0.2) is 0 Å².